The lowest BCUT2D eigenvalue weighted by molar-refractivity contribution is -0.125. The third-order valence-electron chi connectivity index (χ3n) is 4.68. The van der Waals surface area contributed by atoms with Gasteiger partial charge in [-0.1, -0.05) is 17.7 Å². The summed E-state index contributed by atoms with van der Waals surface area (Å²) < 4.78 is 19.6. The van der Waals surface area contributed by atoms with E-state index in [4.69, 9.17) is 16.3 Å². The molecule has 6 heteroatoms. The molecule has 0 spiro atoms. The van der Waals surface area contributed by atoms with Gasteiger partial charge in [0.15, 0.2) is 0 Å². The van der Waals surface area contributed by atoms with Gasteiger partial charge in [0.1, 0.15) is 5.82 Å². The number of rotatable bonds is 5. The highest BCUT2D eigenvalue weighted by Crippen LogP contribution is 2.32. The highest BCUT2D eigenvalue weighted by atomic mass is 35.5. The second-order valence-corrected chi connectivity index (χ2v) is 6.61. The Kier molecular flexibility index (Phi) is 5.51. The van der Waals surface area contributed by atoms with E-state index in [0.29, 0.717) is 30.3 Å². The first-order valence-electron chi connectivity index (χ1n) is 8.20. The molecule has 1 amide bonds. The van der Waals surface area contributed by atoms with Crippen molar-refractivity contribution in [2.24, 2.45) is 5.92 Å². The first-order valence-corrected chi connectivity index (χ1v) is 8.58. The number of amides is 1. The molecule has 0 aliphatic carbocycles. The zero-order chi connectivity index (χ0) is 16.2. The molecule has 3 rings (SSSR count). The minimum atomic E-state index is -0.312. The average Bonchev–Trinajstić information content (AvgIpc) is 3.22. The minimum absolute atomic E-state index is 0.0147. The van der Waals surface area contributed by atoms with Crippen molar-refractivity contribution in [2.45, 2.75) is 25.3 Å². The summed E-state index contributed by atoms with van der Waals surface area (Å²) in [6.45, 7) is 3.28. The van der Waals surface area contributed by atoms with Crippen LogP contribution in [0.25, 0.3) is 0 Å². The van der Waals surface area contributed by atoms with Gasteiger partial charge in [0.25, 0.3) is 0 Å². The fraction of sp³-hybridized carbons (Fsp3) is 0.588. The SMILES string of the molecule is O=C(NCC(c1c(F)cccc1Cl)N1CCCC1)C1CCOC1. The number of benzene rings is 1. The van der Waals surface area contributed by atoms with Gasteiger partial charge in [-0.2, -0.15) is 0 Å². The largest absolute Gasteiger partial charge is 0.381 e. The molecule has 0 bridgehead atoms. The molecule has 4 nitrogen and oxygen atoms in total. The second kappa shape index (κ2) is 7.60. The van der Waals surface area contributed by atoms with E-state index in [0.717, 1.165) is 32.4 Å². The third kappa shape index (κ3) is 3.84. The molecule has 2 aliphatic rings. The van der Waals surface area contributed by atoms with Crippen molar-refractivity contribution in [3.8, 4) is 0 Å². The Morgan fingerprint density at radius 2 is 2.22 bits per heavy atom. The summed E-state index contributed by atoms with van der Waals surface area (Å²) in [6.07, 6.45) is 2.93. The van der Waals surface area contributed by atoms with Gasteiger partial charge in [-0.05, 0) is 44.5 Å². The Hall–Kier alpha value is -1.17. The number of carbonyl (C=O) groups is 1. The lowest BCUT2D eigenvalue weighted by Gasteiger charge is -2.29. The van der Waals surface area contributed by atoms with E-state index in [-0.39, 0.29) is 23.7 Å². The van der Waals surface area contributed by atoms with Crippen LogP contribution in [0, 0.1) is 11.7 Å². The molecular formula is C17H22ClFN2O2. The summed E-state index contributed by atoms with van der Waals surface area (Å²) in [6, 6.07) is 4.51. The standard InChI is InChI=1S/C17H22ClFN2O2/c18-13-4-3-5-14(19)16(13)15(21-7-1-2-8-21)10-20-17(22)12-6-9-23-11-12/h3-5,12,15H,1-2,6-11H2,(H,20,22). The van der Waals surface area contributed by atoms with E-state index < -0.39 is 0 Å². The van der Waals surface area contributed by atoms with Gasteiger partial charge in [-0.3, -0.25) is 9.69 Å². The minimum Gasteiger partial charge on any atom is -0.381 e. The molecule has 1 aromatic rings. The highest BCUT2D eigenvalue weighted by molar-refractivity contribution is 6.31. The molecule has 0 aromatic heterocycles. The highest BCUT2D eigenvalue weighted by Gasteiger charge is 2.30. The van der Waals surface area contributed by atoms with Crippen molar-refractivity contribution >= 4 is 17.5 Å². The van der Waals surface area contributed by atoms with Crippen molar-refractivity contribution in [1.82, 2.24) is 10.2 Å². The van der Waals surface area contributed by atoms with Crippen molar-refractivity contribution in [2.75, 3.05) is 32.8 Å². The lowest BCUT2D eigenvalue weighted by Crippen LogP contribution is -2.39. The normalized spacial score (nSPS) is 23.1. The fourth-order valence-corrected chi connectivity index (χ4v) is 3.67. The number of carbonyl (C=O) groups excluding carboxylic acids is 1. The Balaban J connectivity index is 1.74. The molecule has 2 aliphatic heterocycles. The number of likely N-dealkylation sites (tertiary alicyclic amines) is 1. The fourth-order valence-electron chi connectivity index (χ4n) is 3.38. The van der Waals surface area contributed by atoms with E-state index in [1.807, 2.05) is 0 Å². The first kappa shape index (κ1) is 16.7. The zero-order valence-electron chi connectivity index (χ0n) is 13.1. The maximum atomic E-state index is 14.3. The van der Waals surface area contributed by atoms with Crippen LogP contribution < -0.4 is 5.32 Å². The summed E-state index contributed by atoms with van der Waals surface area (Å²) in [5.74, 6) is -0.419. The van der Waals surface area contributed by atoms with Crippen LogP contribution in [0.4, 0.5) is 4.39 Å². The Morgan fingerprint density at radius 3 is 2.87 bits per heavy atom. The predicted octanol–water partition coefficient (Wildman–Crippen LogP) is 2.77. The van der Waals surface area contributed by atoms with Crippen molar-refractivity contribution < 1.29 is 13.9 Å². The van der Waals surface area contributed by atoms with E-state index >= 15 is 0 Å². The molecule has 126 valence electrons. The van der Waals surface area contributed by atoms with Crippen molar-refractivity contribution in [3.63, 3.8) is 0 Å². The molecule has 2 unspecified atom stereocenters. The molecule has 23 heavy (non-hydrogen) atoms. The molecule has 1 N–H and O–H groups in total. The Bertz CT molecular complexity index is 537. The molecule has 2 saturated heterocycles. The van der Waals surface area contributed by atoms with E-state index in [2.05, 4.69) is 10.2 Å². The summed E-state index contributed by atoms with van der Waals surface area (Å²) in [5.41, 5.74) is 0.485. The summed E-state index contributed by atoms with van der Waals surface area (Å²) in [4.78, 5) is 14.4. The van der Waals surface area contributed by atoms with Gasteiger partial charge in [0.05, 0.1) is 18.6 Å². The molecule has 2 fully saturated rings. The third-order valence-corrected chi connectivity index (χ3v) is 5.01. The van der Waals surface area contributed by atoms with Crippen molar-refractivity contribution in [3.05, 3.63) is 34.6 Å². The zero-order valence-corrected chi connectivity index (χ0v) is 13.8. The first-order chi connectivity index (χ1) is 11.2. The van der Waals surface area contributed by atoms with Gasteiger partial charge < -0.3 is 10.1 Å². The smallest absolute Gasteiger partial charge is 0.225 e. The molecular weight excluding hydrogens is 319 g/mol. The van der Waals surface area contributed by atoms with Crippen LogP contribution in [-0.2, 0) is 9.53 Å². The van der Waals surface area contributed by atoms with Gasteiger partial charge in [0, 0.05) is 23.7 Å². The monoisotopic (exact) mass is 340 g/mol. The quantitative estimate of drug-likeness (QED) is 0.896. The van der Waals surface area contributed by atoms with Gasteiger partial charge in [-0.25, -0.2) is 4.39 Å². The van der Waals surface area contributed by atoms with Crippen LogP contribution in [-0.4, -0.2) is 43.7 Å². The Morgan fingerprint density at radius 1 is 1.43 bits per heavy atom. The van der Waals surface area contributed by atoms with E-state index in [1.54, 1.807) is 12.1 Å². The lowest BCUT2D eigenvalue weighted by atomic mass is 10.0. The molecule has 2 atom stereocenters. The average molecular weight is 341 g/mol. The maximum Gasteiger partial charge on any atom is 0.225 e. The van der Waals surface area contributed by atoms with Crippen molar-refractivity contribution in [1.29, 1.82) is 0 Å². The second-order valence-electron chi connectivity index (χ2n) is 6.20. The van der Waals surface area contributed by atoms with Gasteiger partial charge in [0.2, 0.25) is 5.91 Å². The number of nitrogens with zero attached hydrogens (tertiary/aromatic N) is 1. The van der Waals surface area contributed by atoms with Crippen LogP contribution in [0.5, 0.6) is 0 Å². The summed E-state index contributed by atoms with van der Waals surface area (Å²) in [5, 5.41) is 3.39. The van der Waals surface area contributed by atoms with E-state index in [1.165, 1.54) is 6.07 Å². The van der Waals surface area contributed by atoms with Crippen LogP contribution in [0.3, 0.4) is 0 Å². The number of halogens is 2. The van der Waals surface area contributed by atoms with Crippen LogP contribution >= 0.6 is 11.6 Å². The van der Waals surface area contributed by atoms with Crippen LogP contribution in [0.15, 0.2) is 18.2 Å². The Labute approximate surface area is 140 Å². The van der Waals surface area contributed by atoms with Crippen LogP contribution in [0.2, 0.25) is 5.02 Å². The van der Waals surface area contributed by atoms with Crippen LogP contribution in [0.1, 0.15) is 30.9 Å². The predicted molar refractivity (Wildman–Crippen MR) is 86.9 cm³/mol. The number of nitrogens with one attached hydrogen (secondary N) is 1. The molecule has 2 heterocycles. The maximum absolute atomic E-state index is 14.3. The van der Waals surface area contributed by atoms with Gasteiger partial charge in [-0.15, -0.1) is 0 Å². The molecule has 0 saturated carbocycles. The number of hydrogen-bond acceptors (Lipinski definition) is 3. The number of hydrogen-bond donors (Lipinski definition) is 1. The number of ether oxygens (including phenoxy) is 1. The molecule has 1 aromatic carbocycles. The summed E-state index contributed by atoms with van der Waals surface area (Å²) in [7, 11) is 0. The topological polar surface area (TPSA) is 41.6 Å². The summed E-state index contributed by atoms with van der Waals surface area (Å²) >= 11 is 6.25. The van der Waals surface area contributed by atoms with Gasteiger partial charge >= 0.3 is 0 Å². The van der Waals surface area contributed by atoms with E-state index in [9.17, 15) is 9.18 Å². The molecule has 0 radical (unpaired) electrons.